The van der Waals surface area contributed by atoms with E-state index >= 15 is 0 Å². The summed E-state index contributed by atoms with van der Waals surface area (Å²) in [7, 11) is 1.35. The van der Waals surface area contributed by atoms with E-state index in [2.05, 4.69) is 45.2 Å². The molecule has 4 aromatic rings. The van der Waals surface area contributed by atoms with Crippen LogP contribution in [0.3, 0.4) is 0 Å². The van der Waals surface area contributed by atoms with Gasteiger partial charge in [-0.1, -0.05) is 78.4 Å². The van der Waals surface area contributed by atoms with Gasteiger partial charge >= 0.3 is 5.97 Å². The van der Waals surface area contributed by atoms with Crippen LogP contribution in [0.25, 0.3) is 6.08 Å². The van der Waals surface area contributed by atoms with Gasteiger partial charge in [0.1, 0.15) is 12.4 Å². The summed E-state index contributed by atoms with van der Waals surface area (Å²) >= 11 is 12.1. The molecule has 2 heterocycles. The number of thiazole rings is 1. The molecule has 40 heavy (non-hydrogen) atoms. The predicted molar refractivity (Wildman–Crippen MR) is 175 cm³/mol. The highest BCUT2D eigenvalue weighted by atomic mass is 127. The molecule has 3 aromatic carbocycles. The van der Waals surface area contributed by atoms with Crippen molar-refractivity contribution < 1.29 is 14.3 Å². The monoisotopic (exact) mass is 796 g/mol. The third-order valence-corrected chi connectivity index (χ3v) is 9.19. The van der Waals surface area contributed by atoms with E-state index in [9.17, 15) is 9.59 Å². The van der Waals surface area contributed by atoms with Crippen LogP contribution in [0.1, 0.15) is 36.1 Å². The Morgan fingerprint density at radius 3 is 2.55 bits per heavy atom. The van der Waals surface area contributed by atoms with Crippen LogP contribution in [0.2, 0.25) is 5.02 Å². The first-order chi connectivity index (χ1) is 19.3. The Labute approximate surface area is 267 Å². The first kappa shape index (κ1) is 29.0. The molecule has 0 N–H and O–H groups in total. The van der Waals surface area contributed by atoms with Gasteiger partial charge in [0.25, 0.3) is 5.56 Å². The van der Waals surface area contributed by atoms with Crippen LogP contribution < -0.4 is 19.6 Å². The summed E-state index contributed by atoms with van der Waals surface area (Å²) in [6.45, 7) is 2.23. The van der Waals surface area contributed by atoms with Crippen molar-refractivity contribution in [2.24, 2.45) is 4.99 Å². The van der Waals surface area contributed by atoms with E-state index < -0.39 is 12.0 Å². The van der Waals surface area contributed by atoms with E-state index in [0.717, 1.165) is 23.8 Å². The molecule has 1 aromatic heterocycles. The molecule has 0 unspecified atom stereocenters. The number of allylic oxidation sites excluding steroid dienone is 1. The zero-order chi connectivity index (χ0) is 28.4. The van der Waals surface area contributed by atoms with Crippen LogP contribution in [0.4, 0.5) is 0 Å². The molecular formula is C30H23ClI2N2O4S. The number of ether oxygens (including phenoxy) is 2. The fourth-order valence-corrected chi connectivity index (χ4v) is 7.81. The summed E-state index contributed by atoms with van der Waals surface area (Å²) in [6.07, 6.45) is 2.36. The number of halogens is 3. The van der Waals surface area contributed by atoms with E-state index in [4.69, 9.17) is 26.1 Å². The van der Waals surface area contributed by atoms with Gasteiger partial charge in [0.15, 0.2) is 4.80 Å². The van der Waals surface area contributed by atoms with Crippen LogP contribution >= 0.6 is 68.1 Å². The molecule has 0 amide bonds. The molecule has 0 spiro atoms. The van der Waals surface area contributed by atoms with Crippen molar-refractivity contribution in [3.63, 3.8) is 0 Å². The number of nitrogens with zero attached hydrogens (tertiary/aromatic N) is 2. The maximum atomic E-state index is 14.0. The average molecular weight is 797 g/mol. The molecule has 0 radical (unpaired) electrons. The van der Waals surface area contributed by atoms with Crippen molar-refractivity contribution in [1.82, 2.24) is 4.57 Å². The molecule has 0 fully saturated rings. The Bertz CT molecular complexity index is 1820. The Hall–Kier alpha value is -2.48. The minimum Gasteiger partial charge on any atom is -0.487 e. The van der Waals surface area contributed by atoms with E-state index in [1.807, 2.05) is 79.7 Å². The quantitative estimate of drug-likeness (QED) is 0.164. The molecule has 1 atom stereocenters. The number of esters is 1. The number of methoxy groups -OCH3 is 1. The van der Waals surface area contributed by atoms with Gasteiger partial charge in [0.2, 0.25) is 0 Å². The fourth-order valence-electron chi connectivity index (χ4n) is 4.56. The van der Waals surface area contributed by atoms with Crippen molar-refractivity contribution in [2.75, 3.05) is 7.11 Å². The first-order valence-electron chi connectivity index (χ1n) is 12.4. The summed E-state index contributed by atoms with van der Waals surface area (Å²) < 4.78 is 15.4. The topological polar surface area (TPSA) is 69.9 Å². The van der Waals surface area contributed by atoms with Crippen LogP contribution in [0, 0.1) is 7.14 Å². The minimum atomic E-state index is -0.644. The van der Waals surface area contributed by atoms with Crippen molar-refractivity contribution in [3.05, 3.63) is 127 Å². The summed E-state index contributed by atoms with van der Waals surface area (Å²) in [5.74, 6) is 0.169. The Morgan fingerprint density at radius 2 is 1.85 bits per heavy atom. The molecule has 1 aliphatic rings. The second-order valence-electron chi connectivity index (χ2n) is 8.88. The third kappa shape index (κ3) is 5.79. The van der Waals surface area contributed by atoms with E-state index in [0.29, 0.717) is 37.8 Å². The number of carbonyl (C=O) groups is 1. The van der Waals surface area contributed by atoms with E-state index in [1.165, 1.54) is 18.4 Å². The second-order valence-corrected chi connectivity index (χ2v) is 12.7. The fraction of sp³-hybridized carbons (Fsp3) is 0.167. The number of fused-ring (bicyclic) bond motifs is 1. The Morgan fingerprint density at radius 1 is 1.12 bits per heavy atom. The molecule has 10 heteroatoms. The molecule has 5 rings (SSSR count). The SMILES string of the molecule is CCC1=C(C(=O)OC)[C@@H](c2ccccc2)n2c(s/c(=C/c3cc(I)cc(I)c3OCc3ccccc3Cl)c2=O)=N1. The molecule has 6 nitrogen and oxygen atoms in total. The lowest BCUT2D eigenvalue weighted by atomic mass is 9.95. The standard InChI is InChI=1S/C30H23ClI2N2O4S/c1-3-23-25(29(37)38-2)26(17-9-5-4-6-10-17)35-28(36)24(40-30(35)34-23)14-19-13-20(32)15-22(33)27(19)39-16-18-11-7-8-12-21(18)31/h4-15,26H,3,16H2,1-2H3/b24-14+/t26-/m1/s1. The van der Waals surface area contributed by atoms with Crippen molar-refractivity contribution >= 4 is 80.2 Å². The van der Waals surface area contributed by atoms with Crippen molar-refractivity contribution in [3.8, 4) is 5.75 Å². The zero-order valence-electron chi connectivity index (χ0n) is 21.5. The Kier molecular flexibility index (Phi) is 9.13. The molecule has 0 saturated heterocycles. The van der Waals surface area contributed by atoms with Gasteiger partial charge < -0.3 is 9.47 Å². The number of benzene rings is 3. The number of hydrogen-bond acceptors (Lipinski definition) is 6. The molecule has 0 aliphatic carbocycles. The van der Waals surface area contributed by atoms with Crippen LogP contribution in [0.15, 0.2) is 87.8 Å². The molecule has 0 saturated carbocycles. The molecular weight excluding hydrogens is 774 g/mol. The van der Waals surface area contributed by atoms with Gasteiger partial charge in [-0.2, -0.15) is 0 Å². The van der Waals surface area contributed by atoms with Gasteiger partial charge in [0.05, 0.1) is 32.5 Å². The zero-order valence-corrected chi connectivity index (χ0v) is 27.4. The summed E-state index contributed by atoms with van der Waals surface area (Å²) in [5, 5.41) is 0.631. The maximum Gasteiger partial charge on any atom is 0.338 e. The maximum absolute atomic E-state index is 14.0. The normalized spacial score (nSPS) is 15.0. The summed E-state index contributed by atoms with van der Waals surface area (Å²) in [4.78, 5) is 32.3. The molecule has 0 bridgehead atoms. The van der Waals surface area contributed by atoms with Gasteiger partial charge in [-0.3, -0.25) is 9.36 Å². The number of rotatable bonds is 7. The summed E-state index contributed by atoms with van der Waals surface area (Å²) in [5.41, 5.74) is 3.20. The van der Waals surface area contributed by atoms with Crippen molar-refractivity contribution in [2.45, 2.75) is 26.0 Å². The lowest BCUT2D eigenvalue weighted by Crippen LogP contribution is -2.40. The minimum absolute atomic E-state index is 0.236. The highest BCUT2D eigenvalue weighted by Gasteiger charge is 2.33. The number of aromatic nitrogens is 1. The first-order valence-corrected chi connectivity index (χ1v) is 15.7. The van der Waals surface area contributed by atoms with Crippen LogP contribution in [-0.2, 0) is 16.1 Å². The highest BCUT2D eigenvalue weighted by molar-refractivity contribution is 14.1. The third-order valence-electron chi connectivity index (χ3n) is 6.42. The lowest BCUT2D eigenvalue weighted by molar-refractivity contribution is -0.136. The summed E-state index contributed by atoms with van der Waals surface area (Å²) in [6, 6.07) is 20.4. The van der Waals surface area contributed by atoms with E-state index in [1.54, 1.807) is 4.57 Å². The van der Waals surface area contributed by atoms with Crippen LogP contribution in [0.5, 0.6) is 5.75 Å². The smallest absolute Gasteiger partial charge is 0.338 e. The van der Waals surface area contributed by atoms with Crippen LogP contribution in [-0.4, -0.2) is 17.6 Å². The van der Waals surface area contributed by atoms with Gasteiger partial charge in [-0.15, -0.1) is 0 Å². The van der Waals surface area contributed by atoms with E-state index in [-0.39, 0.29) is 12.2 Å². The molecule has 1 aliphatic heterocycles. The van der Waals surface area contributed by atoms with Gasteiger partial charge in [-0.25, -0.2) is 9.79 Å². The predicted octanol–water partition coefficient (Wildman–Crippen LogP) is 6.24. The van der Waals surface area contributed by atoms with Crippen molar-refractivity contribution in [1.29, 1.82) is 0 Å². The van der Waals surface area contributed by atoms with Gasteiger partial charge in [0, 0.05) is 19.7 Å². The molecule has 204 valence electrons. The largest absolute Gasteiger partial charge is 0.487 e. The second kappa shape index (κ2) is 12.6. The lowest BCUT2D eigenvalue weighted by Gasteiger charge is -2.25. The average Bonchev–Trinajstić information content (AvgIpc) is 3.26. The number of hydrogen-bond donors (Lipinski definition) is 0. The Balaban J connectivity index is 1.67. The van der Waals surface area contributed by atoms with Gasteiger partial charge in [-0.05, 0) is 81.4 Å². The highest BCUT2D eigenvalue weighted by Crippen LogP contribution is 2.33. The number of carbonyl (C=O) groups excluding carboxylic acids is 1.